The number of carbonyl (C=O) groups excluding carboxylic acids is 1. The number of likely N-dealkylation sites (N-methyl/N-ethyl adjacent to an activating group) is 1. The van der Waals surface area contributed by atoms with Crippen LogP contribution in [0.3, 0.4) is 0 Å². The van der Waals surface area contributed by atoms with Crippen LogP contribution in [-0.4, -0.2) is 53.9 Å². The van der Waals surface area contributed by atoms with Crippen molar-refractivity contribution in [1.29, 1.82) is 0 Å². The zero-order chi connectivity index (χ0) is 14.3. The molecule has 0 saturated heterocycles. The molecule has 1 aliphatic rings. The molecule has 0 aromatic heterocycles. The lowest BCUT2D eigenvalue weighted by atomic mass is 10.0. The van der Waals surface area contributed by atoms with Crippen LogP contribution in [-0.2, 0) is 0 Å². The first-order valence-electron chi connectivity index (χ1n) is 7.45. The lowest BCUT2D eigenvalue weighted by molar-refractivity contribution is 0.0501. The lowest BCUT2D eigenvalue weighted by Crippen LogP contribution is -2.47. The van der Waals surface area contributed by atoms with Gasteiger partial charge in [-0.05, 0) is 33.2 Å². The van der Waals surface area contributed by atoms with E-state index in [-0.39, 0.29) is 6.03 Å². The van der Waals surface area contributed by atoms with E-state index in [1.54, 1.807) is 0 Å². The van der Waals surface area contributed by atoms with Crippen molar-refractivity contribution >= 4 is 6.03 Å². The number of carbonyl (C=O) groups is 1. The largest absolute Gasteiger partial charge is 0.388 e. The topological polar surface area (TPSA) is 64.6 Å². The van der Waals surface area contributed by atoms with Crippen molar-refractivity contribution in [3.05, 3.63) is 0 Å². The zero-order valence-electron chi connectivity index (χ0n) is 12.5. The maximum atomic E-state index is 11.6. The summed E-state index contributed by atoms with van der Waals surface area (Å²) in [7, 11) is 0. The molecule has 0 atom stereocenters. The maximum Gasteiger partial charge on any atom is 0.314 e. The summed E-state index contributed by atoms with van der Waals surface area (Å²) in [5.74, 6) is 0. The normalized spacial score (nSPS) is 18.0. The Hall–Kier alpha value is -0.810. The van der Waals surface area contributed by atoms with Crippen LogP contribution in [0.5, 0.6) is 0 Å². The van der Waals surface area contributed by atoms with E-state index in [1.807, 2.05) is 0 Å². The first-order valence-corrected chi connectivity index (χ1v) is 7.45. The molecule has 0 aliphatic heterocycles. The highest BCUT2D eigenvalue weighted by Gasteiger charge is 2.31. The number of amides is 2. The minimum atomic E-state index is -0.676. The Kier molecular flexibility index (Phi) is 6.58. The van der Waals surface area contributed by atoms with Crippen LogP contribution >= 0.6 is 0 Å². The quantitative estimate of drug-likeness (QED) is 0.654. The number of aliphatic hydroxyl groups is 1. The van der Waals surface area contributed by atoms with E-state index < -0.39 is 5.60 Å². The second-order valence-corrected chi connectivity index (χ2v) is 5.76. The highest BCUT2D eigenvalue weighted by Crippen LogP contribution is 2.28. The number of urea groups is 1. The van der Waals surface area contributed by atoms with E-state index in [2.05, 4.69) is 36.3 Å². The molecule has 5 nitrogen and oxygen atoms in total. The average Bonchev–Trinajstić information content (AvgIpc) is 2.79. The van der Waals surface area contributed by atoms with Crippen molar-refractivity contribution in [2.24, 2.45) is 0 Å². The number of nitrogens with one attached hydrogen (secondary N) is 2. The van der Waals surface area contributed by atoms with Crippen molar-refractivity contribution < 1.29 is 9.90 Å². The molecular weight excluding hydrogens is 242 g/mol. The van der Waals surface area contributed by atoms with Crippen LogP contribution in [0.4, 0.5) is 4.79 Å². The van der Waals surface area contributed by atoms with Gasteiger partial charge in [-0.2, -0.15) is 0 Å². The van der Waals surface area contributed by atoms with Crippen molar-refractivity contribution in [3.8, 4) is 0 Å². The fraction of sp³-hybridized carbons (Fsp3) is 0.929. The smallest absolute Gasteiger partial charge is 0.314 e. The molecule has 0 unspecified atom stereocenters. The van der Waals surface area contributed by atoms with Crippen LogP contribution < -0.4 is 10.6 Å². The molecule has 1 saturated carbocycles. The van der Waals surface area contributed by atoms with Gasteiger partial charge in [-0.15, -0.1) is 0 Å². The Labute approximate surface area is 116 Å². The molecule has 112 valence electrons. The van der Waals surface area contributed by atoms with Crippen LogP contribution in [0.25, 0.3) is 0 Å². The molecule has 5 heteroatoms. The second kappa shape index (κ2) is 7.70. The summed E-state index contributed by atoms with van der Waals surface area (Å²) in [6, 6.07) is 0.314. The molecule has 1 aliphatic carbocycles. The van der Waals surface area contributed by atoms with Gasteiger partial charge in [-0.25, -0.2) is 4.79 Å². The minimum absolute atomic E-state index is 0.180. The predicted molar refractivity (Wildman–Crippen MR) is 77.2 cm³/mol. The summed E-state index contributed by atoms with van der Waals surface area (Å²) in [6.07, 6.45) is 3.70. The van der Waals surface area contributed by atoms with Gasteiger partial charge in [0.1, 0.15) is 0 Å². The lowest BCUT2D eigenvalue weighted by Gasteiger charge is -2.25. The molecule has 19 heavy (non-hydrogen) atoms. The molecule has 0 bridgehead atoms. The maximum absolute atomic E-state index is 11.6. The average molecular weight is 271 g/mol. The van der Waals surface area contributed by atoms with Gasteiger partial charge >= 0.3 is 6.03 Å². The van der Waals surface area contributed by atoms with E-state index in [1.165, 1.54) is 0 Å². The van der Waals surface area contributed by atoms with Crippen molar-refractivity contribution in [2.75, 3.05) is 26.2 Å². The van der Waals surface area contributed by atoms with Crippen LogP contribution in [0.15, 0.2) is 0 Å². The third kappa shape index (κ3) is 5.78. The number of rotatable bonds is 7. The third-order valence-corrected chi connectivity index (χ3v) is 3.93. The van der Waals surface area contributed by atoms with Gasteiger partial charge in [-0.3, -0.25) is 4.90 Å². The van der Waals surface area contributed by atoms with E-state index >= 15 is 0 Å². The predicted octanol–water partition coefficient (Wildman–Crippen LogP) is 1.32. The van der Waals surface area contributed by atoms with Crippen molar-refractivity contribution in [2.45, 2.75) is 58.1 Å². The molecule has 0 aromatic carbocycles. The van der Waals surface area contributed by atoms with E-state index in [0.29, 0.717) is 19.1 Å². The first kappa shape index (κ1) is 16.2. The van der Waals surface area contributed by atoms with E-state index in [9.17, 15) is 9.90 Å². The summed E-state index contributed by atoms with van der Waals surface area (Å²) < 4.78 is 0. The fourth-order valence-electron chi connectivity index (χ4n) is 2.61. The highest BCUT2D eigenvalue weighted by molar-refractivity contribution is 5.73. The van der Waals surface area contributed by atoms with E-state index in [4.69, 9.17) is 0 Å². The van der Waals surface area contributed by atoms with E-state index in [0.717, 1.165) is 38.8 Å². The molecule has 0 spiro atoms. The van der Waals surface area contributed by atoms with Gasteiger partial charge in [-0.1, -0.05) is 19.8 Å². The molecule has 1 fully saturated rings. The summed E-state index contributed by atoms with van der Waals surface area (Å²) in [6.45, 7) is 9.26. The molecule has 2 amide bonds. The zero-order valence-corrected chi connectivity index (χ0v) is 12.5. The number of hydrogen-bond acceptors (Lipinski definition) is 3. The Morgan fingerprint density at radius 1 is 1.32 bits per heavy atom. The van der Waals surface area contributed by atoms with Crippen molar-refractivity contribution in [3.63, 3.8) is 0 Å². The third-order valence-electron chi connectivity index (χ3n) is 3.93. The Morgan fingerprint density at radius 2 is 1.95 bits per heavy atom. The summed E-state index contributed by atoms with van der Waals surface area (Å²) >= 11 is 0. The SMILES string of the molecule is CCN(CCNC(=O)NCC1(O)CCCC1)C(C)C. The first-order chi connectivity index (χ1) is 8.97. The summed E-state index contributed by atoms with van der Waals surface area (Å²) in [5.41, 5.74) is -0.676. The van der Waals surface area contributed by atoms with Gasteiger partial charge in [0.05, 0.1) is 5.60 Å². The molecule has 1 rings (SSSR count). The standard InChI is InChI=1S/C14H29N3O2/c1-4-17(12(2)3)10-9-15-13(18)16-11-14(19)7-5-6-8-14/h12,19H,4-11H2,1-3H3,(H2,15,16,18). The minimum Gasteiger partial charge on any atom is -0.388 e. The van der Waals surface area contributed by atoms with Gasteiger partial charge < -0.3 is 15.7 Å². The summed E-state index contributed by atoms with van der Waals surface area (Å²) in [5, 5.41) is 15.7. The van der Waals surface area contributed by atoms with Crippen LogP contribution in [0.1, 0.15) is 46.5 Å². The van der Waals surface area contributed by atoms with Gasteiger partial charge in [0.2, 0.25) is 0 Å². The van der Waals surface area contributed by atoms with Crippen LogP contribution in [0.2, 0.25) is 0 Å². The molecule has 0 radical (unpaired) electrons. The second-order valence-electron chi connectivity index (χ2n) is 5.76. The van der Waals surface area contributed by atoms with Gasteiger partial charge in [0.25, 0.3) is 0 Å². The Balaban J connectivity index is 2.14. The molecular formula is C14H29N3O2. The van der Waals surface area contributed by atoms with Crippen molar-refractivity contribution in [1.82, 2.24) is 15.5 Å². The molecule has 3 N–H and O–H groups in total. The Bertz CT molecular complexity index is 276. The highest BCUT2D eigenvalue weighted by atomic mass is 16.3. The number of nitrogens with zero attached hydrogens (tertiary/aromatic N) is 1. The Morgan fingerprint density at radius 3 is 2.47 bits per heavy atom. The van der Waals surface area contributed by atoms with Gasteiger partial charge in [0, 0.05) is 25.7 Å². The summed E-state index contributed by atoms with van der Waals surface area (Å²) in [4.78, 5) is 13.9. The monoisotopic (exact) mass is 271 g/mol. The fourth-order valence-corrected chi connectivity index (χ4v) is 2.61. The molecule has 0 heterocycles. The number of hydrogen-bond donors (Lipinski definition) is 3. The van der Waals surface area contributed by atoms with Crippen LogP contribution in [0, 0.1) is 0 Å². The van der Waals surface area contributed by atoms with Gasteiger partial charge in [0.15, 0.2) is 0 Å². The molecule has 0 aromatic rings.